The quantitative estimate of drug-likeness (QED) is 0.241. The zero-order valence-electron chi connectivity index (χ0n) is 21.2. The number of nitrogens with one attached hydrogen (secondary N) is 1. The zero-order valence-corrected chi connectivity index (χ0v) is 21.2. The molecule has 8 heteroatoms. The van der Waals surface area contributed by atoms with Crippen LogP contribution in [0.5, 0.6) is 5.75 Å². The molecule has 2 aromatic heterocycles. The van der Waals surface area contributed by atoms with E-state index in [-0.39, 0.29) is 0 Å². The Morgan fingerprint density at radius 3 is 1.90 bits per heavy atom. The minimum absolute atomic E-state index is 0.509. The molecule has 0 spiro atoms. The van der Waals surface area contributed by atoms with Crippen LogP contribution in [0.25, 0.3) is 21.5 Å². The van der Waals surface area contributed by atoms with Gasteiger partial charge in [-0.15, -0.1) is 0 Å². The third-order valence-corrected chi connectivity index (χ3v) is 5.93. The highest BCUT2D eigenvalue weighted by Crippen LogP contribution is 2.28. The van der Waals surface area contributed by atoms with Gasteiger partial charge in [0, 0.05) is 41.2 Å². The number of carboxylic acid groups (broad SMARTS) is 1. The van der Waals surface area contributed by atoms with E-state index in [9.17, 15) is 14.7 Å². The van der Waals surface area contributed by atoms with Crippen molar-refractivity contribution >= 4 is 50.8 Å². The molecule has 0 aliphatic carbocycles. The van der Waals surface area contributed by atoms with Crippen LogP contribution in [0.2, 0.25) is 0 Å². The van der Waals surface area contributed by atoms with Gasteiger partial charge in [0.25, 0.3) is 0 Å². The van der Waals surface area contributed by atoms with Crippen molar-refractivity contribution in [2.24, 2.45) is 0 Å². The number of benzene rings is 4. The lowest BCUT2D eigenvalue weighted by atomic mass is 10.1. The molecule has 0 aliphatic heterocycles. The largest absolute Gasteiger partial charge is 0.464 e. The lowest BCUT2D eigenvalue weighted by Gasteiger charge is -2.19. The predicted molar refractivity (Wildman–Crippen MR) is 156 cm³/mol. The minimum atomic E-state index is -1.01. The fourth-order valence-electron chi connectivity index (χ4n) is 4.06. The number of hydrogen-bond donors (Lipinski definition) is 2. The van der Waals surface area contributed by atoms with Crippen LogP contribution in [0.1, 0.15) is 0 Å². The van der Waals surface area contributed by atoms with E-state index in [1.54, 1.807) is 55.1 Å². The van der Waals surface area contributed by atoms with Crippen molar-refractivity contribution in [2.75, 3.05) is 10.2 Å². The molecule has 0 fully saturated rings. The molecule has 40 heavy (non-hydrogen) atoms. The van der Waals surface area contributed by atoms with Gasteiger partial charge in [0.05, 0.1) is 11.4 Å². The van der Waals surface area contributed by atoms with Crippen LogP contribution >= 0.6 is 0 Å². The monoisotopic (exact) mass is 528 g/mol. The highest BCUT2D eigenvalue weighted by molar-refractivity contribution is 5.97. The van der Waals surface area contributed by atoms with Gasteiger partial charge in [-0.05, 0) is 71.4 Å². The number of carbonyl (C=O) groups is 2. The third-order valence-electron chi connectivity index (χ3n) is 5.93. The maximum absolute atomic E-state index is 11.8. The lowest BCUT2D eigenvalue weighted by Crippen LogP contribution is -2.23. The summed E-state index contributed by atoms with van der Waals surface area (Å²) in [5.74, 6) is 0.509. The molecule has 0 unspecified atom stereocenters. The van der Waals surface area contributed by atoms with Gasteiger partial charge in [0.1, 0.15) is 5.75 Å². The first-order valence-electron chi connectivity index (χ1n) is 12.4. The van der Waals surface area contributed by atoms with Crippen LogP contribution in [0.3, 0.4) is 0 Å². The first-order chi connectivity index (χ1) is 19.6. The predicted octanol–water partition coefficient (Wildman–Crippen LogP) is 7.90. The molecule has 0 radical (unpaired) electrons. The Bertz CT molecular complexity index is 1760. The summed E-state index contributed by atoms with van der Waals surface area (Å²) >= 11 is 0. The van der Waals surface area contributed by atoms with E-state index in [2.05, 4.69) is 15.3 Å². The van der Waals surface area contributed by atoms with Crippen molar-refractivity contribution in [3.63, 3.8) is 0 Å². The van der Waals surface area contributed by atoms with Crippen molar-refractivity contribution in [1.29, 1.82) is 0 Å². The first kappa shape index (κ1) is 25.9. The molecule has 8 nitrogen and oxygen atoms in total. The van der Waals surface area contributed by atoms with Gasteiger partial charge >= 0.3 is 12.2 Å². The normalized spacial score (nSPS) is 10.3. The molecule has 196 valence electrons. The van der Waals surface area contributed by atoms with Gasteiger partial charge < -0.3 is 9.84 Å². The molecule has 0 bridgehead atoms. The smallest absolute Gasteiger partial charge is 0.417 e. The van der Waals surface area contributed by atoms with Crippen molar-refractivity contribution < 1.29 is 19.4 Å². The number of rotatable bonds is 4. The first-order valence-corrected chi connectivity index (χ1v) is 12.4. The standard InChI is InChI=1S/2C16H12N2O2/c19-16(20-15-4-2-1-3-5-15)18-14-7-6-13-11-17-9-8-12(13)10-14;19-16(20)18(14-4-2-1-3-5-14)15-7-6-13-11-17-9-8-12(13)10-15/h1-11H,(H,18,19);1-11H,(H,19,20). The lowest BCUT2D eigenvalue weighted by molar-refractivity contribution is 0.204. The molecule has 0 saturated heterocycles. The highest BCUT2D eigenvalue weighted by Gasteiger charge is 2.16. The maximum atomic E-state index is 11.8. The Kier molecular flexibility index (Phi) is 7.88. The van der Waals surface area contributed by atoms with Gasteiger partial charge in [-0.2, -0.15) is 0 Å². The van der Waals surface area contributed by atoms with Gasteiger partial charge in [-0.1, -0.05) is 48.5 Å². The Morgan fingerprint density at radius 2 is 1.25 bits per heavy atom. The van der Waals surface area contributed by atoms with E-state index in [4.69, 9.17) is 4.74 Å². The molecule has 0 aliphatic rings. The Labute approximate surface area is 230 Å². The van der Waals surface area contributed by atoms with Crippen molar-refractivity contribution in [3.05, 3.63) is 134 Å². The molecule has 6 rings (SSSR count). The van der Waals surface area contributed by atoms with Crippen LogP contribution < -0.4 is 15.0 Å². The molecule has 4 aromatic carbocycles. The number of anilines is 3. The number of pyridine rings is 2. The molecule has 0 atom stereocenters. The summed E-state index contributed by atoms with van der Waals surface area (Å²) in [5.41, 5.74) is 1.92. The number of para-hydroxylation sites is 2. The van der Waals surface area contributed by atoms with E-state index >= 15 is 0 Å². The van der Waals surface area contributed by atoms with E-state index in [1.165, 1.54) is 4.90 Å². The maximum Gasteiger partial charge on any atom is 0.417 e. The molecule has 2 amide bonds. The van der Waals surface area contributed by atoms with Crippen LogP contribution in [-0.2, 0) is 0 Å². The summed E-state index contributed by atoms with van der Waals surface area (Å²) in [7, 11) is 0. The highest BCUT2D eigenvalue weighted by atomic mass is 16.6. The summed E-state index contributed by atoms with van der Waals surface area (Å²) in [6, 6.07) is 32.8. The second-order valence-corrected chi connectivity index (χ2v) is 8.63. The molecular weight excluding hydrogens is 504 g/mol. The summed E-state index contributed by atoms with van der Waals surface area (Å²) in [6.07, 6.45) is 5.43. The topological polar surface area (TPSA) is 105 Å². The number of carbonyl (C=O) groups excluding carboxylic acids is 1. The van der Waals surface area contributed by atoms with Gasteiger partial charge in [-0.3, -0.25) is 15.3 Å². The number of amides is 2. The molecule has 6 aromatic rings. The van der Waals surface area contributed by atoms with E-state index in [1.807, 2.05) is 78.9 Å². The number of hydrogen-bond acceptors (Lipinski definition) is 5. The Hall–Kier alpha value is -5.76. The van der Waals surface area contributed by atoms with E-state index in [0.29, 0.717) is 22.8 Å². The van der Waals surface area contributed by atoms with Gasteiger partial charge in [-0.25, -0.2) is 14.5 Å². The molecule has 2 heterocycles. The minimum Gasteiger partial charge on any atom is -0.464 e. The van der Waals surface area contributed by atoms with E-state index in [0.717, 1.165) is 21.5 Å². The van der Waals surface area contributed by atoms with Crippen LogP contribution in [0.15, 0.2) is 134 Å². The fourth-order valence-corrected chi connectivity index (χ4v) is 4.06. The summed E-state index contributed by atoms with van der Waals surface area (Å²) in [4.78, 5) is 32.7. The van der Waals surface area contributed by atoms with Crippen LogP contribution in [0.4, 0.5) is 26.7 Å². The van der Waals surface area contributed by atoms with Crippen molar-refractivity contribution in [2.45, 2.75) is 0 Å². The summed E-state index contributed by atoms with van der Waals surface area (Å²) < 4.78 is 5.17. The van der Waals surface area contributed by atoms with E-state index < -0.39 is 12.2 Å². The number of aromatic nitrogens is 2. The SMILES string of the molecule is O=C(Nc1ccc2cnccc2c1)Oc1ccccc1.O=C(O)N(c1ccccc1)c1ccc2cnccc2c1. The summed E-state index contributed by atoms with van der Waals surface area (Å²) in [5, 5.41) is 16.1. The molecular formula is C32H24N4O4. The number of ether oxygens (including phenoxy) is 1. The average Bonchev–Trinajstić information content (AvgIpc) is 2.98. The third kappa shape index (κ3) is 6.38. The van der Waals surface area contributed by atoms with Crippen LogP contribution in [-0.4, -0.2) is 27.3 Å². The number of nitrogens with zero attached hydrogens (tertiary/aromatic N) is 3. The molecule has 2 N–H and O–H groups in total. The second-order valence-electron chi connectivity index (χ2n) is 8.63. The number of fused-ring (bicyclic) bond motifs is 2. The Morgan fingerprint density at radius 1 is 0.650 bits per heavy atom. The average molecular weight is 529 g/mol. The van der Waals surface area contributed by atoms with Crippen molar-refractivity contribution in [3.8, 4) is 5.75 Å². The molecule has 0 saturated carbocycles. The fraction of sp³-hybridized carbons (Fsp3) is 0. The Balaban J connectivity index is 0.000000161. The van der Waals surface area contributed by atoms with Gasteiger partial charge in [0.2, 0.25) is 0 Å². The van der Waals surface area contributed by atoms with Crippen molar-refractivity contribution in [1.82, 2.24) is 9.97 Å². The van der Waals surface area contributed by atoms with Crippen LogP contribution in [0, 0.1) is 0 Å². The summed E-state index contributed by atoms with van der Waals surface area (Å²) in [6.45, 7) is 0. The zero-order chi connectivity index (χ0) is 27.7. The second kappa shape index (κ2) is 12.2. The van der Waals surface area contributed by atoms with Gasteiger partial charge in [0.15, 0.2) is 0 Å².